The number of fused-ring (bicyclic) bond motifs is 3. The first-order chi connectivity index (χ1) is 13.6. The number of hydrogen-bond acceptors (Lipinski definition) is 4. The molecule has 2 heterocycles. The fourth-order valence-electron chi connectivity index (χ4n) is 3.92. The standard InChI is InChI=1S/C22H17NO5/c24-20-18-19(21(25)26)28-22(27-18,16-8-2-1-3-9-16)13-23(20)17-11-10-14-6-4-5-7-15(14)12-17/h1-12,18-19H,13H2,(H,25,26). The minimum Gasteiger partial charge on any atom is -0.479 e. The number of anilines is 1. The largest absolute Gasteiger partial charge is 0.479 e. The van der Waals surface area contributed by atoms with Gasteiger partial charge in [0.05, 0.1) is 6.54 Å². The topological polar surface area (TPSA) is 76.1 Å². The number of carbonyl (C=O) groups is 2. The van der Waals surface area contributed by atoms with E-state index < -0.39 is 29.9 Å². The van der Waals surface area contributed by atoms with Crippen molar-refractivity contribution in [1.82, 2.24) is 0 Å². The van der Waals surface area contributed by atoms with Gasteiger partial charge in [-0.3, -0.25) is 4.79 Å². The van der Waals surface area contributed by atoms with E-state index in [0.717, 1.165) is 10.8 Å². The lowest BCUT2D eigenvalue weighted by atomic mass is 10.0. The maximum Gasteiger partial charge on any atom is 0.336 e. The molecule has 28 heavy (non-hydrogen) atoms. The number of ether oxygens (including phenoxy) is 2. The minimum absolute atomic E-state index is 0.0778. The van der Waals surface area contributed by atoms with Crippen LogP contribution in [0.2, 0.25) is 0 Å². The van der Waals surface area contributed by atoms with Gasteiger partial charge in [0.1, 0.15) is 0 Å². The summed E-state index contributed by atoms with van der Waals surface area (Å²) in [5.74, 6) is -2.93. The number of aliphatic carboxylic acids is 1. The molecule has 3 unspecified atom stereocenters. The van der Waals surface area contributed by atoms with Gasteiger partial charge >= 0.3 is 5.97 Å². The first-order valence-corrected chi connectivity index (χ1v) is 9.02. The minimum atomic E-state index is -1.35. The zero-order valence-electron chi connectivity index (χ0n) is 14.8. The smallest absolute Gasteiger partial charge is 0.336 e. The molecule has 3 atom stereocenters. The molecular weight excluding hydrogens is 358 g/mol. The molecule has 3 aromatic rings. The second-order valence-corrected chi connectivity index (χ2v) is 6.99. The molecule has 2 saturated heterocycles. The van der Waals surface area contributed by atoms with Gasteiger partial charge in [-0.2, -0.15) is 0 Å². The molecule has 2 aliphatic rings. The molecule has 5 rings (SSSR count). The van der Waals surface area contributed by atoms with Gasteiger partial charge in [0.15, 0.2) is 12.2 Å². The Bertz CT molecular complexity index is 1080. The van der Waals surface area contributed by atoms with Crippen LogP contribution in [0.15, 0.2) is 72.8 Å². The quantitative estimate of drug-likeness (QED) is 0.762. The van der Waals surface area contributed by atoms with Crippen LogP contribution < -0.4 is 4.90 Å². The van der Waals surface area contributed by atoms with E-state index in [1.54, 1.807) is 4.90 Å². The third-order valence-electron chi connectivity index (χ3n) is 5.29. The number of carboxylic acid groups (broad SMARTS) is 1. The van der Waals surface area contributed by atoms with Crippen molar-refractivity contribution >= 4 is 28.3 Å². The summed E-state index contributed by atoms with van der Waals surface area (Å²) in [6.45, 7) is 0.0778. The fraction of sp³-hybridized carbons (Fsp3) is 0.182. The van der Waals surface area contributed by atoms with E-state index in [1.807, 2.05) is 72.8 Å². The van der Waals surface area contributed by atoms with E-state index in [2.05, 4.69) is 0 Å². The maximum absolute atomic E-state index is 13.1. The normalized spacial score (nSPS) is 26.6. The van der Waals surface area contributed by atoms with Crippen LogP contribution in [-0.4, -0.2) is 35.7 Å². The highest BCUT2D eigenvalue weighted by atomic mass is 16.8. The van der Waals surface area contributed by atoms with Gasteiger partial charge in [-0.15, -0.1) is 0 Å². The van der Waals surface area contributed by atoms with E-state index in [1.165, 1.54) is 0 Å². The molecule has 2 aliphatic heterocycles. The van der Waals surface area contributed by atoms with Gasteiger partial charge in [-0.25, -0.2) is 4.79 Å². The van der Waals surface area contributed by atoms with Crippen molar-refractivity contribution in [3.05, 3.63) is 78.4 Å². The van der Waals surface area contributed by atoms with Crippen LogP contribution in [0.3, 0.4) is 0 Å². The number of carboxylic acids is 1. The summed E-state index contributed by atoms with van der Waals surface area (Å²) in [6.07, 6.45) is -2.55. The average molecular weight is 375 g/mol. The highest BCUT2D eigenvalue weighted by Crippen LogP contribution is 2.44. The number of hydrogen-bond donors (Lipinski definition) is 1. The van der Waals surface area contributed by atoms with Crippen molar-refractivity contribution in [3.8, 4) is 0 Å². The molecule has 1 N–H and O–H groups in total. The van der Waals surface area contributed by atoms with Crippen LogP contribution in [0.5, 0.6) is 0 Å². The van der Waals surface area contributed by atoms with E-state index in [-0.39, 0.29) is 6.54 Å². The number of benzene rings is 3. The summed E-state index contributed by atoms with van der Waals surface area (Å²) in [6, 6.07) is 22.7. The highest BCUT2D eigenvalue weighted by Gasteiger charge is 2.60. The lowest BCUT2D eigenvalue weighted by Crippen LogP contribution is -2.54. The number of carbonyl (C=O) groups excluding carboxylic acids is 1. The molecule has 0 aliphatic carbocycles. The molecule has 0 radical (unpaired) electrons. The van der Waals surface area contributed by atoms with Crippen molar-refractivity contribution in [2.45, 2.75) is 18.0 Å². The zero-order valence-corrected chi connectivity index (χ0v) is 14.8. The Morgan fingerprint density at radius 2 is 1.68 bits per heavy atom. The number of amides is 1. The van der Waals surface area contributed by atoms with Gasteiger partial charge in [0.2, 0.25) is 5.79 Å². The molecule has 2 fully saturated rings. The number of rotatable bonds is 3. The first-order valence-electron chi connectivity index (χ1n) is 9.02. The van der Waals surface area contributed by atoms with Crippen molar-refractivity contribution in [1.29, 1.82) is 0 Å². The second-order valence-electron chi connectivity index (χ2n) is 6.99. The Labute approximate surface area is 160 Å². The summed E-state index contributed by atoms with van der Waals surface area (Å²) < 4.78 is 11.7. The van der Waals surface area contributed by atoms with E-state index in [0.29, 0.717) is 11.3 Å². The molecule has 0 spiro atoms. The van der Waals surface area contributed by atoms with E-state index in [4.69, 9.17) is 9.47 Å². The molecule has 6 heteroatoms. The van der Waals surface area contributed by atoms with Gasteiger partial charge in [-0.05, 0) is 22.9 Å². The number of nitrogens with zero attached hydrogens (tertiary/aromatic N) is 1. The summed E-state index contributed by atoms with van der Waals surface area (Å²) in [4.78, 5) is 26.3. The molecule has 2 bridgehead atoms. The maximum atomic E-state index is 13.1. The molecule has 140 valence electrons. The van der Waals surface area contributed by atoms with Gasteiger partial charge in [-0.1, -0.05) is 60.7 Å². The van der Waals surface area contributed by atoms with Crippen LogP contribution >= 0.6 is 0 Å². The Kier molecular flexibility index (Phi) is 3.72. The third-order valence-corrected chi connectivity index (χ3v) is 5.29. The van der Waals surface area contributed by atoms with Gasteiger partial charge < -0.3 is 19.5 Å². The third kappa shape index (κ3) is 2.50. The predicted octanol–water partition coefficient (Wildman–Crippen LogP) is 2.91. The van der Waals surface area contributed by atoms with E-state index >= 15 is 0 Å². The fourth-order valence-corrected chi connectivity index (χ4v) is 3.92. The SMILES string of the molecule is O=C(O)C1OC2(c3ccccc3)CN(c3ccc4ccccc4c3)C(=O)C1O2. The summed E-state index contributed by atoms with van der Waals surface area (Å²) in [5, 5.41) is 11.6. The Hall–Kier alpha value is -3.22. The Morgan fingerprint density at radius 3 is 2.43 bits per heavy atom. The van der Waals surface area contributed by atoms with Crippen LogP contribution in [0.1, 0.15) is 5.56 Å². The summed E-state index contributed by atoms with van der Waals surface area (Å²) >= 11 is 0. The molecule has 0 saturated carbocycles. The van der Waals surface area contributed by atoms with Gasteiger partial charge in [0, 0.05) is 11.3 Å². The molecular formula is C22H17NO5. The molecule has 6 nitrogen and oxygen atoms in total. The van der Waals surface area contributed by atoms with E-state index in [9.17, 15) is 14.7 Å². The first kappa shape index (κ1) is 16.9. The predicted molar refractivity (Wildman–Crippen MR) is 102 cm³/mol. The Morgan fingerprint density at radius 1 is 0.964 bits per heavy atom. The Balaban J connectivity index is 1.61. The van der Waals surface area contributed by atoms with Crippen molar-refractivity contribution in [2.75, 3.05) is 11.4 Å². The summed E-state index contributed by atoms with van der Waals surface area (Å²) in [5.41, 5.74) is 1.37. The van der Waals surface area contributed by atoms with Gasteiger partial charge in [0.25, 0.3) is 5.91 Å². The number of morpholine rings is 1. The summed E-state index contributed by atoms with van der Waals surface area (Å²) in [7, 11) is 0. The lowest BCUT2D eigenvalue weighted by Gasteiger charge is -2.38. The monoisotopic (exact) mass is 375 g/mol. The van der Waals surface area contributed by atoms with Crippen molar-refractivity contribution in [3.63, 3.8) is 0 Å². The van der Waals surface area contributed by atoms with Crippen LogP contribution in [0.4, 0.5) is 5.69 Å². The second kappa shape index (κ2) is 6.15. The zero-order chi connectivity index (χ0) is 19.3. The van der Waals surface area contributed by atoms with Crippen molar-refractivity contribution in [2.24, 2.45) is 0 Å². The van der Waals surface area contributed by atoms with Crippen LogP contribution in [0.25, 0.3) is 10.8 Å². The van der Waals surface area contributed by atoms with Crippen LogP contribution in [0, 0.1) is 0 Å². The average Bonchev–Trinajstić information content (AvgIpc) is 3.08. The highest BCUT2D eigenvalue weighted by molar-refractivity contribution is 6.02. The van der Waals surface area contributed by atoms with Crippen LogP contribution in [-0.2, 0) is 24.8 Å². The molecule has 0 aromatic heterocycles. The lowest BCUT2D eigenvalue weighted by molar-refractivity contribution is -0.193. The molecule has 1 amide bonds. The van der Waals surface area contributed by atoms with Crippen molar-refractivity contribution < 1.29 is 24.2 Å². The molecule has 3 aromatic carbocycles.